The Morgan fingerprint density at radius 1 is 1.27 bits per heavy atom. The molecule has 1 aromatic carbocycles. The van der Waals surface area contributed by atoms with Crippen LogP contribution in [0.25, 0.3) is 11.5 Å². The molecule has 0 saturated carbocycles. The fourth-order valence-electron chi connectivity index (χ4n) is 2.22. The van der Waals surface area contributed by atoms with Crippen molar-refractivity contribution < 1.29 is 18.7 Å². The van der Waals surface area contributed by atoms with Crippen molar-refractivity contribution >= 4 is 11.9 Å². The number of ether oxygens (including phenoxy) is 1. The van der Waals surface area contributed by atoms with Crippen molar-refractivity contribution in [2.45, 2.75) is 19.4 Å². The van der Waals surface area contributed by atoms with Crippen molar-refractivity contribution in [1.29, 1.82) is 0 Å². The lowest BCUT2D eigenvalue weighted by molar-refractivity contribution is -0.149. The molecule has 1 aliphatic heterocycles. The van der Waals surface area contributed by atoms with Gasteiger partial charge in [-0.3, -0.25) is 9.59 Å². The maximum atomic E-state index is 11.7. The average molecular weight is 301 g/mol. The lowest BCUT2D eigenvalue weighted by Gasteiger charge is -2.13. The molecule has 1 aliphatic rings. The summed E-state index contributed by atoms with van der Waals surface area (Å²) < 4.78 is 10.5. The summed E-state index contributed by atoms with van der Waals surface area (Å²) in [6, 6.07) is 9.32. The summed E-state index contributed by atoms with van der Waals surface area (Å²) in [7, 11) is 0. The molecule has 1 aromatic heterocycles. The number of aromatic nitrogens is 2. The second kappa shape index (κ2) is 6.38. The molecule has 2 aromatic rings. The van der Waals surface area contributed by atoms with Gasteiger partial charge >= 0.3 is 5.97 Å². The van der Waals surface area contributed by atoms with Crippen LogP contribution in [0.3, 0.4) is 0 Å². The molecule has 1 amide bonds. The lowest BCUT2D eigenvalue weighted by atomic mass is 10.2. The van der Waals surface area contributed by atoms with Gasteiger partial charge in [0, 0.05) is 18.5 Å². The van der Waals surface area contributed by atoms with E-state index in [0.29, 0.717) is 18.9 Å². The minimum Gasteiger partial charge on any atom is -0.454 e. The minimum atomic E-state index is -0.477. The van der Waals surface area contributed by atoms with E-state index in [2.05, 4.69) is 10.2 Å². The maximum absolute atomic E-state index is 11.7. The molecule has 2 heterocycles. The van der Waals surface area contributed by atoms with E-state index in [0.717, 1.165) is 12.0 Å². The van der Waals surface area contributed by atoms with E-state index in [1.807, 2.05) is 30.3 Å². The van der Waals surface area contributed by atoms with Crippen LogP contribution in [0.5, 0.6) is 0 Å². The van der Waals surface area contributed by atoms with Crippen LogP contribution in [0.15, 0.2) is 34.7 Å². The van der Waals surface area contributed by atoms with Gasteiger partial charge in [-0.05, 0) is 18.6 Å². The zero-order valence-corrected chi connectivity index (χ0v) is 11.9. The monoisotopic (exact) mass is 301 g/mol. The van der Waals surface area contributed by atoms with Gasteiger partial charge in [-0.15, -0.1) is 10.2 Å². The first-order valence-electron chi connectivity index (χ1n) is 7.03. The van der Waals surface area contributed by atoms with E-state index in [1.54, 1.807) is 0 Å². The first-order chi connectivity index (χ1) is 10.7. The fourth-order valence-corrected chi connectivity index (χ4v) is 2.22. The highest BCUT2D eigenvalue weighted by Crippen LogP contribution is 2.17. The number of nitrogens with zero attached hydrogens (tertiary/aromatic N) is 3. The predicted molar refractivity (Wildman–Crippen MR) is 75.3 cm³/mol. The topological polar surface area (TPSA) is 85.5 Å². The number of hydrogen-bond donors (Lipinski definition) is 0. The lowest BCUT2D eigenvalue weighted by Crippen LogP contribution is -2.31. The van der Waals surface area contributed by atoms with Gasteiger partial charge in [0.2, 0.25) is 11.8 Å². The standard InChI is InChI=1S/C15H15N3O4/c19-13-7-4-8-18(13)9-14(20)21-10-12-16-17-15(22-12)11-5-2-1-3-6-11/h1-3,5-6H,4,7-10H2. The maximum Gasteiger partial charge on any atom is 0.326 e. The number of amides is 1. The molecule has 1 fully saturated rings. The summed E-state index contributed by atoms with van der Waals surface area (Å²) in [6.07, 6.45) is 1.29. The van der Waals surface area contributed by atoms with Crippen LogP contribution in [0, 0.1) is 0 Å². The molecule has 0 N–H and O–H groups in total. The van der Waals surface area contributed by atoms with Gasteiger partial charge in [0.15, 0.2) is 6.61 Å². The zero-order valence-electron chi connectivity index (χ0n) is 11.9. The van der Waals surface area contributed by atoms with E-state index in [4.69, 9.17) is 9.15 Å². The quantitative estimate of drug-likeness (QED) is 0.776. The molecule has 7 nitrogen and oxygen atoms in total. The van der Waals surface area contributed by atoms with Crippen LogP contribution < -0.4 is 0 Å². The van der Waals surface area contributed by atoms with Gasteiger partial charge in [0.1, 0.15) is 6.54 Å². The van der Waals surface area contributed by atoms with E-state index in [-0.39, 0.29) is 24.9 Å². The van der Waals surface area contributed by atoms with Crippen molar-refractivity contribution in [2.24, 2.45) is 0 Å². The SMILES string of the molecule is O=C(CN1CCCC1=O)OCc1nnc(-c2ccccc2)o1. The normalized spacial score (nSPS) is 14.4. The first kappa shape index (κ1) is 14.2. The van der Waals surface area contributed by atoms with Gasteiger partial charge in [-0.1, -0.05) is 18.2 Å². The fraction of sp³-hybridized carbons (Fsp3) is 0.333. The smallest absolute Gasteiger partial charge is 0.326 e. The number of hydrogen-bond acceptors (Lipinski definition) is 6. The number of esters is 1. The number of carbonyl (C=O) groups is 2. The summed E-state index contributed by atoms with van der Waals surface area (Å²) in [5.74, 6) is 0.108. The average Bonchev–Trinajstić information content (AvgIpc) is 3.16. The molecule has 1 saturated heterocycles. The van der Waals surface area contributed by atoms with Crippen LogP contribution in [-0.2, 0) is 20.9 Å². The number of likely N-dealkylation sites (tertiary alicyclic amines) is 1. The summed E-state index contributed by atoms with van der Waals surface area (Å²) in [4.78, 5) is 24.6. The summed E-state index contributed by atoms with van der Waals surface area (Å²) in [5, 5.41) is 7.74. The Hall–Kier alpha value is -2.70. The van der Waals surface area contributed by atoms with Crippen molar-refractivity contribution in [3.63, 3.8) is 0 Å². The highest BCUT2D eigenvalue weighted by Gasteiger charge is 2.23. The van der Waals surface area contributed by atoms with Crippen LogP contribution >= 0.6 is 0 Å². The molecule has 0 aliphatic carbocycles. The molecule has 114 valence electrons. The molecule has 7 heteroatoms. The molecule has 0 atom stereocenters. The third-order valence-electron chi connectivity index (χ3n) is 3.34. The Labute approximate surface area is 126 Å². The van der Waals surface area contributed by atoms with Crippen LogP contribution in [0.1, 0.15) is 18.7 Å². The molecular formula is C15H15N3O4. The third kappa shape index (κ3) is 3.30. The summed E-state index contributed by atoms with van der Waals surface area (Å²) in [6.45, 7) is 0.478. The molecular weight excluding hydrogens is 286 g/mol. The summed E-state index contributed by atoms with van der Waals surface area (Å²) >= 11 is 0. The van der Waals surface area contributed by atoms with E-state index in [9.17, 15) is 9.59 Å². The van der Waals surface area contributed by atoms with E-state index < -0.39 is 5.97 Å². The summed E-state index contributed by atoms with van der Waals surface area (Å²) in [5.41, 5.74) is 0.801. The Kier molecular flexibility index (Phi) is 4.13. The molecule has 22 heavy (non-hydrogen) atoms. The highest BCUT2D eigenvalue weighted by atomic mass is 16.5. The van der Waals surface area contributed by atoms with Crippen molar-refractivity contribution in [3.05, 3.63) is 36.2 Å². The van der Waals surface area contributed by atoms with Gasteiger partial charge in [0.05, 0.1) is 0 Å². The Balaban J connectivity index is 1.52. The van der Waals surface area contributed by atoms with Crippen molar-refractivity contribution in [1.82, 2.24) is 15.1 Å². The Morgan fingerprint density at radius 3 is 2.82 bits per heavy atom. The largest absolute Gasteiger partial charge is 0.454 e. The number of rotatable bonds is 5. The van der Waals surface area contributed by atoms with E-state index >= 15 is 0 Å². The molecule has 0 bridgehead atoms. The molecule has 0 spiro atoms. The second-order valence-electron chi connectivity index (χ2n) is 4.95. The van der Waals surface area contributed by atoms with Crippen LogP contribution in [0.2, 0.25) is 0 Å². The third-order valence-corrected chi connectivity index (χ3v) is 3.34. The van der Waals surface area contributed by atoms with E-state index in [1.165, 1.54) is 4.90 Å². The minimum absolute atomic E-state index is 0.0129. The number of carbonyl (C=O) groups excluding carboxylic acids is 2. The first-order valence-corrected chi connectivity index (χ1v) is 7.03. The molecule has 0 unspecified atom stereocenters. The van der Waals surface area contributed by atoms with Crippen molar-refractivity contribution in [2.75, 3.05) is 13.1 Å². The molecule has 3 rings (SSSR count). The van der Waals surface area contributed by atoms with Gasteiger partial charge < -0.3 is 14.1 Å². The zero-order chi connectivity index (χ0) is 15.4. The van der Waals surface area contributed by atoms with Crippen molar-refractivity contribution in [3.8, 4) is 11.5 Å². The highest BCUT2D eigenvalue weighted by molar-refractivity contribution is 5.83. The number of benzene rings is 1. The van der Waals surface area contributed by atoms with Gasteiger partial charge in [-0.2, -0.15) is 0 Å². The van der Waals surface area contributed by atoms with Gasteiger partial charge in [0.25, 0.3) is 5.89 Å². The Bertz CT molecular complexity index is 668. The molecule has 0 radical (unpaired) electrons. The van der Waals surface area contributed by atoms with Crippen LogP contribution in [-0.4, -0.2) is 40.1 Å². The van der Waals surface area contributed by atoms with Gasteiger partial charge in [-0.25, -0.2) is 0 Å². The second-order valence-corrected chi connectivity index (χ2v) is 4.95. The van der Waals surface area contributed by atoms with Crippen LogP contribution in [0.4, 0.5) is 0 Å². The Morgan fingerprint density at radius 2 is 2.09 bits per heavy atom. The predicted octanol–water partition coefficient (Wildman–Crippen LogP) is 1.40.